The monoisotopic (exact) mass is 361 g/mol. The first-order chi connectivity index (χ1) is 12.1. The van der Waals surface area contributed by atoms with Crippen LogP contribution in [0.15, 0.2) is 36.5 Å². The first-order valence-electron chi connectivity index (χ1n) is 8.80. The fourth-order valence-corrected chi connectivity index (χ4v) is 5.43. The van der Waals surface area contributed by atoms with E-state index in [4.69, 9.17) is 4.74 Å². The van der Waals surface area contributed by atoms with Gasteiger partial charge in [-0.05, 0) is 30.4 Å². The number of para-hydroxylation sites is 1. The van der Waals surface area contributed by atoms with Gasteiger partial charge in [0.2, 0.25) is 0 Å². The Labute approximate surface area is 148 Å². The van der Waals surface area contributed by atoms with Gasteiger partial charge in [0.15, 0.2) is 0 Å². The number of hydrogen-bond donors (Lipinski definition) is 0. The van der Waals surface area contributed by atoms with Crippen LogP contribution in [0.5, 0.6) is 0 Å². The molecule has 0 bridgehead atoms. The Morgan fingerprint density at radius 2 is 1.88 bits per heavy atom. The van der Waals surface area contributed by atoms with Crippen LogP contribution in [0.1, 0.15) is 12.0 Å². The molecule has 0 aliphatic carbocycles. The zero-order valence-corrected chi connectivity index (χ0v) is 15.0. The first kappa shape index (κ1) is 16.9. The topological polar surface area (TPSA) is 62.7 Å². The van der Waals surface area contributed by atoms with Gasteiger partial charge in [-0.25, -0.2) is 0 Å². The average molecular weight is 361 g/mol. The predicted molar refractivity (Wildman–Crippen MR) is 96.4 cm³/mol. The molecule has 1 atom stereocenters. The summed E-state index contributed by atoms with van der Waals surface area (Å²) in [5, 5.41) is 1.13. The van der Waals surface area contributed by atoms with Crippen molar-refractivity contribution in [3.8, 4) is 0 Å². The van der Waals surface area contributed by atoms with E-state index in [0.717, 1.165) is 23.7 Å². The summed E-state index contributed by atoms with van der Waals surface area (Å²) in [6, 6.07) is 10.2. The molecule has 0 amide bonds. The largest absolute Gasteiger partial charge is 0.379 e. The van der Waals surface area contributed by atoms with Gasteiger partial charge >= 0.3 is 0 Å². The highest BCUT2D eigenvalue weighted by Crippen LogP contribution is 2.27. The molecule has 2 fully saturated rings. The third-order valence-corrected chi connectivity index (χ3v) is 7.10. The molecule has 6 nitrogen and oxygen atoms in total. The summed E-state index contributed by atoms with van der Waals surface area (Å²) in [5.41, 5.74) is 2.23. The molecule has 3 heterocycles. The van der Waals surface area contributed by atoms with E-state index in [9.17, 15) is 8.42 Å². The van der Waals surface area contributed by atoms with Crippen molar-refractivity contribution in [2.24, 2.45) is 5.92 Å². The van der Waals surface area contributed by atoms with Crippen molar-refractivity contribution < 1.29 is 13.2 Å². The van der Waals surface area contributed by atoms with Gasteiger partial charge in [-0.1, -0.05) is 24.3 Å². The highest BCUT2D eigenvalue weighted by atomic mass is 32.2. The highest BCUT2D eigenvalue weighted by molar-refractivity contribution is 7.86. The zero-order valence-electron chi connectivity index (χ0n) is 14.2. The minimum Gasteiger partial charge on any atom is -0.379 e. The number of fused-ring (bicyclic) bond motifs is 1. The number of pyridine rings is 1. The van der Waals surface area contributed by atoms with Gasteiger partial charge < -0.3 is 4.74 Å². The van der Waals surface area contributed by atoms with Crippen LogP contribution in [0.25, 0.3) is 10.9 Å². The smallest absolute Gasteiger partial charge is 0.282 e. The van der Waals surface area contributed by atoms with E-state index < -0.39 is 10.2 Å². The minimum atomic E-state index is -3.36. The Morgan fingerprint density at radius 1 is 1.08 bits per heavy atom. The summed E-state index contributed by atoms with van der Waals surface area (Å²) in [6.07, 6.45) is 3.58. The third-order valence-electron chi connectivity index (χ3n) is 5.10. The zero-order chi connectivity index (χ0) is 17.3. The second-order valence-electron chi connectivity index (χ2n) is 6.73. The molecule has 25 heavy (non-hydrogen) atoms. The van der Waals surface area contributed by atoms with Gasteiger partial charge in [0.05, 0.1) is 18.7 Å². The fourth-order valence-electron chi connectivity index (χ4n) is 3.76. The summed E-state index contributed by atoms with van der Waals surface area (Å²) in [6.45, 7) is 3.06. The van der Waals surface area contributed by atoms with Crippen LogP contribution in [0.4, 0.5) is 0 Å². The molecule has 2 aliphatic heterocycles. The Bertz CT molecular complexity index is 844. The molecule has 2 aliphatic rings. The van der Waals surface area contributed by atoms with Gasteiger partial charge in [-0.3, -0.25) is 4.98 Å². The molecule has 0 radical (unpaired) electrons. The van der Waals surface area contributed by atoms with E-state index >= 15 is 0 Å². The average Bonchev–Trinajstić information content (AvgIpc) is 3.12. The van der Waals surface area contributed by atoms with Crippen LogP contribution >= 0.6 is 0 Å². The summed E-state index contributed by atoms with van der Waals surface area (Å²) >= 11 is 0. The number of aromatic nitrogens is 1. The number of nitrogens with zero attached hydrogens (tertiary/aromatic N) is 3. The standard InChI is InChI=1S/C18H23N3O3S/c22-25(23,20-9-11-24-12-10-20)21-8-6-15(14-21)13-17-4-1-3-16-5-2-7-19-18(16)17/h1-5,7,15H,6,8-14H2/t15-/m0/s1. The Hall–Kier alpha value is -1.54. The molecule has 0 unspecified atom stereocenters. The molecular weight excluding hydrogens is 338 g/mol. The Morgan fingerprint density at radius 3 is 2.72 bits per heavy atom. The number of ether oxygens (including phenoxy) is 1. The van der Waals surface area contributed by atoms with Crippen LogP contribution in [0.3, 0.4) is 0 Å². The lowest BCUT2D eigenvalue weighted by Crippen LogP contribution is -2.47. The predicted octanol–water partition coefficient (Wildman–Crippen LogP) is 1.68. The van der Waals surface area contributed by atoms with Crippen molar-refractivity contribution in [1.82, 2.24) is 13.6 Å². The van der Waals surface area contributed by atoms with Gasteiger partial charge in [0.1, 0.15) is 0 Å². The summed E-state index contributed by atoms with van der Waals surface area (Å²) in [7, 11) is -3.36. The van der Waals surface area contributed by atoms with Crippen molar-refractivity contribution in [3.63, 3.8) is 0 Å². The first-order valence-corrected chi connectivity index (χ1v) is 10.2. The van der Waals surface area contributed by atoms with Crippen LogP contribution in [-0.2, 0) is 21.4 Å². The number of benzene rings is 1. The molecule has 0 spiro atoms. The Kier molecular flexibility index (Phi) is 4.73. The normalized spacial score (nSPS) is 23.3. The molecule has 134 valence electrons. The number of morpholine rings is 1. The number of rotatable bonds is 4. The quantitative estimate of drug-likeness (QED) is 0.831. The molecule has 2 saturated heterocycles. The maximum Gasteiger partial charge on any atom is 0.282 e. The van der Waals surface area contributed by atoms with E-state index in [-0.39, 0.29) is 0 Å². The van der Waals surface area contributed by atoms with Crippen molar-refractivity contribution in [3.05, 3.63) is 42.1 Å². The van der Waals surface area contributed by atoms with E-state index in [1.807, 2.05) is 12.3 Å². The molecule has 2 aromatic rings. The maximum absolute atomic E-state index is 12.8. The molecule has 4 rings (SSSR count). The summed E-state index contributed by atoms with van der Waals surface area (Å²) in [4.78, 5) is 4.51. The lowest BCUT2D eigenvalue weighted by atomic mass is 9.97. The van der Waals surface area contributed by atoms with Gasteiger partial charge in [0.25, 0.3) is 10.2 Å². The second kappa shape index (κ2) is 6.99. The van der Waals surface area contributed by atoms with Crippen LogP contribution in [-0.4, -0.2) is 61.4 Å². The van der Waals surface area contributed by atoms with E-state index in [1.165, 1.54) is 5.56 Å². The van der Waals surface area contributed by atoms with Gasteiger partial charge in [0, 0.05) is 37.8 Å². The van der Waals surface area contributed by atoms with Crippen molar-refractivity contribution >= 4 is 21.1 Å². The van der Waals surface area contributed by atoms with Crippen LogP contribution < -0.4 is 0 Å². The minimum absolute atomic E-state index is 0.337. The molecule has 0 N–H and O–H groups in total. The third kappa shape index (κ3) is 3.42. The van der Waals surface area contributed by atoms with Gasteiger partial charge in [-0.15, -0.1) is 0 Å². The molecule has 1 aromatic carbocycles. The number of hydrogen-bond acceptors (Lipinski definition) is 4. The van der Waals surface area contributed by atoms with E-state index in [1.54, 1.807) is 8.61 Å². The Balaban J connectivity index is 1.47. The lowest BCUT2D eigenvalue weighted by molar-refractivity contribution is 0.0705. The highest BCUT2D eigenvalue weighted by Gasteiger charge is 2.36. The second-order valence-corrected chi connectivity index (χ2v) is 8.66. The van der Waals surface area contributed by atoms with Crippen molar-refractivity contribution in [2.75, 3.05) is 39.4 Å². The fraction of sp³-hybridized carbons (Fsp3) is 0.500. The molecule has 7 heteroatoms. The van der Waals surface area contributed by atoms with Crippen molar-refractivity contribution in [1.29, 1.82) is 0 Å². The van der Waals surface area contributed by atoms with Crippen LogP contribution in [0.2, 0.25) is 0 Å². The molecular formula is C18H23N3O3S. The molecule has 1 aromatic heterocycles. The van der Waals surface area contributed by atoms with Crippen LogP contribution in [0, 0.1) is 5.92 Å². The summed E-state index contributed by atoms with van der Waals surface area (Å²) in [5.74, 6) is 0.337. The lowest BCUT2D eigenvalue weighted by Gasteiger charge is -2.30. The SMILES string of the molecule is O=S(=O)(N1CCOCC1)N1CC[C@@H](Cc2cccc3cccnc23)C1. The maximum atomic E-state index is 12.8. The van der Waals surface area contributed by atoms with E-state index in [0.29, 0.717) is 45.3 Å². The van der Waals surface area contributed by atoms with Crippen molar-refractivity contribution in [2.45, 2.75) is 12.8 Å². The van der Waals surface area contributed by atoms with E-state index in [2.05, 4.69) is 29.2 Å². The molecule has 0 saturated carbocycles. The summed E-state index contributed by atoms with van der Waals surface area (Å²) < 4.78 is 34.0. The van der Waals surface area contributed by atoms with Gasteiger partial charge in [-0.2, -0.15) is 17.0 Å².